The predicted octanol–water partition coefficient (Wildman–Crippen LogP) is 2.91. The molecule has 0 unspecified atom stereocenters. The molecular weight excluding hydrogens is 318 g/mol. The maximum Gasteiger partial charge on any atom is 0.409 e. The van der Waals surface area contributed by atoms with Gasteiger partial charge in [-0.1, -0.05) is 26.0 Å². The molecule has 1 aromatic rings. The first kappa shape index (κ1) is 19.2. The summed E-state index contributed by atoms with van der Waals surface area (Å²) < 4.78 is 5.01. The highest BCUT2D eigenvalue weighted by Gasteiger charge is 2.22. The van der Waals surface area contributed by atoms with Gasteiger partial charge in [0.05, 0.1) is 6.61 Å². The second-order valence-electron chi connectivity index (χ2n) is 6.60. The van der Waals surface area contributed by atoms with Crippen molar-refractivity contribution < 1.29 is 14.3 Å². The highest BCUT2D eigenvalue weighted by molar-refractivity contribution is 5.90. The predicted molar refractivity (Wildman–Crippen MR) is 98.8 cm³/mol. The standard InChI is InChI=1S/C19H29N3O3/c1-4-25-19(24)22-13-11-21(12-14-22)10-9-18(23)20-17-7-5-16(6-8-17)15(2)3/h5-8,15H,4,9-14H2,1-3H3,(H,20,23). The Labute approximate surface area is 150 Å². The molecular formula is C19H29N3O3. The van der Waals surface area contributed by atoms with Crippen molar-refractivity contribution in [3.63, 3.8) is 0 Å². The minimum Gasteiger partial charge on any atom is -0.450 e. The minimum atomic E-state index is -0.246. The number of hydrogen-bond donors (Lipinski definition) is 1. The van der Waals surface area contributed by atoms with Crippen molar-refractivity contribution in [1.82, 2.24) is 9.80 Å². The fourth-order valence-electron chi connectivity index (χ4n) is 2.80. The van der Waals surface area contributed by atoms with Gasteiger partial charge in [-0.2, -0.15) is 0 Å². The number of anilines is 1. The molecule has 2 amide bonds. The molecule has 0 saturated carbocycles. The van der Waals surface area contributed by atoms with Gasteiger partial charge in [-0.25, -0.2) is 4.79 Å². The molecule has 138 valence electrons. The molecule has 0 atom stereocenters. The number of nitrogens with one attached hydrogen (secondary N) is 1. The van der Waals surface area contributed by atoms with Crippen LogP contribution in [0.3, 0.4) is 0 Å². The van der Waals surface area contributed by atoms with Crippen molar-refractivity contribution in [2.45, 2.75) is 33.1 Å². The first-order valence-corrected chi connectivity index (χ1v) is 9.03. The van der Waals surface area contributed by atoms with E-state index in [1.165, 1.54) is 5.56 Å². The summed E-state index contributed by atoms with van der Waals surface area (Å²) in [6, 6.07) is 8.00. The van der Waals surface area contributed by atoms with Crippen LogP contribution in [0.15, 0.2) is 24.3 Å². The summed E-state index contributed by atoms with van der Waals surface area (Å²) >= 11 is 0. The SMILES string of the molecule is CCOC(=O)N1CCN(CCC(=O)Nc2ccc(C(C)C)cc2)CC1. The molecule has 0 bridgehead atoms. The van der Waals surface area contributed by atoms with Crippen LogP contribution in [0.4, 0.5) is 10.5 Å². The van der Waals surface area contributed by atoms with Crippen LogP contribution in [-0.4, -0.2) is 61.1 Å². The number of nitrogens with zero attached hydrogens (tertiary/aromatic N) is 2. The molecule has 0 aromatic heterocycles. The average molecular weight is 347 g/mol. The van der Waals surface area contributed by atoms with Gasteiger partial charge >= 0.3 is 6.09 Å². The van der Waals surface area contributed by atoms with E-state index < -0.39 is 0 Å². The van der Waals surface area contributed by atoms with E-state index in [-0.39, 0.29) is 12.0 Å². The number of piperazine rings is 1. The first-order chi connectivity index (χ1) is 12.0. The normalized spacial score (nSPS) is 15.3. The van der Waals surface area contributed by atoms with E-state index in [0.29, 0.717) is 38.6 Å². The molecule has 1 aliphatic heterocycles. The fraction of sp³-hybridized carbons (Fsp3) is 0.579. The third-order valence-electron chi connectivity index (χ3n) is 4.41. The molecule has 0 radical (unpaired) electrons. The molecule has 1 N–H and O–H groups in total. The first-order valence-electron chi connectivity index (χ1n) is 9.03. The number of hydrogen-bond acceptors (Lipinski definition) is 4. The third kappa shape index (κ3) is 6.05. The topological polar surface area (TPSA) is 61.9 Å². The Morgan fingerprint density at radius 2 is 1.76 bits per heavy atom. The molecule has 6 heteroatoms. The quantitative estimate of drug-likeness (QED) is 0.859. The van der Waals surface area contributed by atoms with Crippen LogP contribution in [0.1, 0.15) is 38.7 Å². The highest BCUT2D eigenvalue weighted by Crippen LogP contribution is 2.17. The lowest BCUT2D eigenvalue weighted by Crippen LogP contribution is -2.49. The van der Waals surface area contributed by atoms with E-state index in [4.69, 9.17) is 4.74 Å². The number of ether oxygens (including phenoxy) is 1. The van der Waals surface area contributed by atoms with Crippen molar-refractivity contribution in [2.75, 3.05) is 44.6 Å². The summed E-state index contributed by atoms with van der Waals surface area (Å²) in [5.74, 6) is 0.503. The zero-order chi connectivity index (χ0) is 18.2. The third-order valence-corrected chi connectivity index (χ3v) is 4.41. The Morgan fingerprint density at radius 1 is 1.12 bits per heavy atom. The monoisotopic (exact) mass is 347 g/mol. The molecule has 0 spiro atoms. The van der Waals surface area contributed by atoms with Gasteiger partial charge in [-0.3, -0.25) is 9.69 Å². The summed E-state index contributed by atoms with van der Waals surface area (Å²) in [4.78, 5) is 27.7. The van der Waals surface area contributed by atoms with E-state index in [2.05, 4.69) is 36.2 Å². The lowest BCUT2D eigenvalue weighted by Gasteiger charge is -2.33. The fourth-order valence-corrected chi connectivity index (χ4v) is 2.80. The van der Waals surface area contributed by atoms with Gasteiger partial charge in [0.15, 0.2) is 0 Å². The van der Waals surface area contributed by atoms with Crippen LogP contribution in [0.2, 0.25) is 0 Å². The summed E-state index contributed by atoms with van der Waals surface area (Å²) in [6.45, 7) is 10.1. The summed E-state index contributed by atoms with van der Waals surface area (Å²) in [6.07, 6.45) is 0.204. The van der Waals surface area contributed by atoms with E-state index in [0.717, 1.165) is 18.8 Å². The zero-order valence-electron chi connectivity index (χ0n) is 15.5. The molecule has 1 aromatic carbocycles. The summed E-state index contributed by atoms with van der Waals surface area (Å²) in [5.41, 5.74) is 2.10. The Balaban J connectivity index is 1.69. The average Bonchev–Trinajstić information content (AvgIpc) is 2.61. The summed E-state index contributed by atoms with van der Waals surface area (Å²) in [7, 11) is 0. The zero-order valence-corrected chi connectivity index (χ0v) is 15.5. The van der Waals surface area contributed by atoms with Gasteiger partial charge in [-0.05, 0) is 30.5 Å². The molecule has 6 nitrogen and oxygen atoms in total. The minimum absolute atomic E-state index is 0.0186. The second kappa shape index (κ2) is 9.42. The molecule has 1 heterocycles. The smallest absolute Gasteiger partial charge is 0.409 e. The lowest BCUT2D eigenvalue weighted by molar-refractivity contribution is -0.116. The Morgan fingerprint density at radius 3 is 2.32 bits per heavy atom. The van der Waals surface area contributed by atoms with E-state index in [1.807, 2.05) is 19.1 Å². The highest BCUT2D eigenvalue weighted by atomic mass is 16.6. The van der Waals surface area contributed by atoms with Crippen LogP contribution >= 0.6 is 0 Å². The number of benzene rings is 1. The maximum atomic E-state index is 12.1. The van der Waals surface area contributed by atoms with Crippen LogP contribution in [-0.2, 0) is 9.53 Å². The molecule has 25 heavy (non-hydrogen) atoms. The van der Waals surface area contributed by atoms with Gasteiger partial charge in [0, 0.05) is 44.8 Å². The largest absolute Gasteiger partial charge is 0.450 e. The van der Waals surface area contributed by atoms with Gasteiger partial charge in [0.25, 0.3) is 0 Å². The molecule has 1 aliphatic rings. The molecule has 0 aliphatic carbocycles. The molecule has 2 rings (SSSR count). The van der Waals surface area contributed by atoms with Crippen LogP contribution in [0, 0.1) is 0 Å². The van der Waals surface area contributed by atoms with Gasteiger partial charge in [-0.15, -0.1) is 0 Å². The Kier molecular flexibility index (Phi) is 7.25. The number of rotatable bonds is 6. The van der Waals surface area contributed by atoms with Crippen LogP contribution < -0.4 is 5.32 Å². The van der Waals surface area contributed by atoms with Crippen molar-refractivity contribution >= 4 is 17.7 Å². The number of carbonyl (C=O) groups excluding carboxylic acids is 2. The summed E-state index contributed by atoms with van der Waals surface area (Å²) in [5, 5.41) is 2.94. The van der Waals surface area contributed by atoms with Crippen molar-refractivity contribution in [1.29, 1.82) is 0 Å². The van der Waals surface area contributed by atoms with E-state index in [9.17, 15) is 9.59 Å². The van der Waals surface area contributed by atoms with Gasteiger partial charge in [0.2, 0.25) is 5.91 Å². The molecule has 1 fully saturated rings. The van der Waals surface area contributed by atoms with Crippen LogP contribution in [0.5, 0.6) is 0 Å². The Bertz CT molecular complexity index is 564. The Hall–Kier alpha value is -2.08. The second-order valence-corrected chi connectivity index (χ2v) is 6.60. The van der Waals surface area contributed by atoms with Crippen molar-refractivity contribution in [2.24, 2.45) is 0 Å². The van der Waals surface area contributed by atoms with Crippen molar-refractivity contribution in [3.8, 4) is 0 Å². The number of amides is 2. The van der Waals surface area contributed by atoms with Crippen molar-refractivity contribution in [3.05, 3.63) is 29.8 Å². The number of carbonyl (C=O) groups is 2. The van der Waals surface area contributed by atoms with Gasteiger partial charge < -0.3 is 15.0 Å². The lowest BCUT2D eigenvalue weighted by atomic mass is 10.0. The van der Waals surface area contributed by atoms with Crippen LogP contribution in [0.25, 0.3) is 0 Å². The van der Waals surface area contributed by atoms with E-state index >= 15 is 0 Å². The maximum absolute atomic E-state index is 12.1. The van der Waals surface area contributed by atoms with E-state index in [1.54, 1.807) is 4.90 Å². The molecule has 1 saturated heterocycles. The van der Waals surface area contributed by atoms with Gasteiger partial charge in [0.1, 0.15) is 0 Å².